The van der Waals surface area contributed by atoms with Crippen molar-refractivity contribution in [1.82, 2.24) is 15.5 Å². The minimum absolute atomic E-state index is 0. The Hall–Kier alpha value is -1.51. The molecular formula is C20H34IN5O. The van der Waals surface area contributed by atoms with Crippen LogP contribution in [0, 0.1) is 0 Å². The highest BCUT2D eigenvalue weighted by Crippen LogP contribution is 2.13. The minimum atomic E-state index is 0. The van der Waals surface area contributed by atoms with Crippen molar-refractivity contribution in [2.24, 2.45) is 4.99 Å². The Labute approximate surface area is 180 Å². The molecule has 1 fully saturated rings. The maximum atomic E-state index is 11.8. The molecule has 0 saturated carbocycles. The van der Waals surface area contributed by atoms with Gasteiger partial charge in [-0.05, 0) is 37.5 Å². The first kappa shape index (κ1) is 23.5. The van der Waals surface area contributed by atoms with Crippen LogP contribution in [0.4, 0.5) is 5.69 Å². The van der Waals surface area contributed by atoms with E-state index in [1.807, 2.05) is 25.9 Å². The lowest BCUT2D eigenvalue weighted by atomic mass is 10.1. The number of guanidine groups is 1. The predicted octanol–water partition coefficient (Wildman–Crippen LogP) is 2.48. The first-order valence-corrected chi connectivity index (χ1v) is 9.62. The van der Waals surface area contributed by atoms with Crippen LogP contribution in [0.3, 0.4) is 0 Å². The van der Waals surface area contributed by atoms with Crippen molar-refractivity contribution in [3.05, 3.63) is 29.8 Å². The van der Waals surface area contributed by atoms with Gasteiger partial charge in [0.15, 0.2) is 5.96 Å². The van der Waals surface area contributed by atoms with E-state index in [1.165, 1.54) is 11.3 Å². The second-order valence-electron chi connectivity index (χ2n) is 6.89. The van der Waals surface area contributed by atoms with Crippen LogP contribution in [0.1, 0.15) is 32.3 Å². The summed E-state index contributed by atoms with van der Waals surface area (Å²) >= 11 is 0. The summed E-state index contributed by atoms with van der Waals surface area (Å²) in [5.41, 5.74) is 2.50. The van der Waals surface area contributed by atoms with Gasteiger partial charge in [-0.1, -0.05) is 19.1 Å². The zero-order valence-electron chi connectivity index (χ0n) is 17.0. The first-order valence-electron chi connectivity index (χ1n) is 9.62. The molecule has 1 atom stereocenters. The molecule has 0 radical (unpaired) electrons. The fourth-order valence-corrected chi connectivity index (χ4v) is 3.10. The lowest BCUT2D eigenvalue weighted by Gasteiger charge is -2.18. The third-order valence-corrected chi connectivity index (χ3v) is 4.65. The standard InChI is InChI=1S/C20H33N5O.HI/c1-5-19(26)25-14-12-17(15-25)23-20(21-6-2)22-13-11-16-7-9-18(10-8-16)24(3)4;/h7-10,17H,5-6,11-15H2,1-4H3,(H2,21,22,23);1H. The molecule has 0 aromatic heterocycles. The number of aliphatic imine (C=N–C) groups is 1. The molecule has 1 aromatic carbocycles. The van der Waals surface area contributed by atoms with E-state index in [9.17, 15) is 4.79 Å². The summed E-state index contributed by atoms with van der Waals surface area (Å²) in [4.78, 5) is 20.6. The first-order chi connectivity index (χ1) is 12.5. The smallest absolute Gasteiger partial charge is 0.222 e. The van der Waals surface area contributed by atoms with Crippen molar-refractivity contribution in [2.45, 2.75) is 39.2 Å². The molecule has 1 unspecified atom stereocenters. The molecule has 6 nitrogen and oxygen atoms in total. The number of hydrogen-bond donors (Lipinski definition) is 2. The zero-order valence-corrected chi connectivity index (χ0v) is 19.3. The molecule has 7 heteroatoms. The van der Waals surface area contributed by atoms with Crippen molar-refractivity contribution in [2.75, 3.05) is 45.2 Å². The molecule has 1 amide bonds. The van der Waals surface area contributed by atoms with E-state index in [1.54, 1.807) is 0 Å². The molecule has 1 heterocycles. The van der Waals surface area contributed by atoms with Crippen LogP contribution >= 0.6 is 24.0 Å². The van der Waals surface area contributed by atoms with Gasteiger partial charge in [-0.25, -0.2) is 0 Å². The van der Waals surface area contributed by atoms with Gasteiger partial charge in [-0.3, -0.25) is 9.79 Å². The van der Waals surface area contributed by atoms with Crippen LogP contribution in [-0.4, -0.2) is 63.1 Å². The van der Waals surface area contributed by atoms with Gasteiger partial charge in [-0.15, -0.1) is 24.0 Å². The van der Waals surface area contributed by atoms with E-state index >= 15 is 0 Å². The number of benzene rings is 1. The number of nitrogens with one attached hydrogen (secondary N) is 2. The van der Waals surface area contributed by atoms with Crippen molar-refractivity contribution in [3.8, 4) is 0 Å². The molecule has 27 heavy (non-hydrogen) atoms. The number of likely N-dealkylation sites (tertiary alicyclic amines) is 1. The third kappa shape index (κ3) is 7.56. The summed E-state index contributed by atoms with van der Waals surface area (Å²) in [6, 6.07) is 8.88. The van der Waals surface area contributed by atoms with E-state index in [-0.39, 0.29) is 35.9 Å². The Morgan fingerprint density at radius 1 is 1.26 bits per heavy atom. The van der Waals surface area contributed by atoms with Crippen molar-refractivity contribution < 1.29 is 4.79 Å². The van der Waals surface area contributed by atoms with Crippen LogP contribution in [0.5, 0.6) is 0 Å². The van der Waals surface area contributed by atoms with Crippen LogP contribution in [0.15, 0.2) is 29.3 Å². The fourth-order valence-electron chi connectivity index (χ4n) is 3.10. The second-order valence-corrected chi connectivity index (χ2v) is 6.89. The molecule has 0 aliphatic carbocycles. The second kappa shape index (κ2) is 12.0. The summed E-state index contributed by atoms with van der Waals surface area (Å²) < 4.78 is 0. The van der Waals surface area contributed by atoms with Gasteiger partial charge >= 0.3 is 0 Å². The Kier molecular flexibility index (Phi) is 10.5. The average molecular weight is 487 g/mol. The monoisotopic (exact) mass is 487 g/mol. The highest BCUT2D eigenvalue weighted by Gasteiger charge is 2.25. The molecule has 1 saturated heterocycles. The highest BCUT2D eigenvalue weighted by atomic mass is 127. The molecule has 1 aromatic rings. The van der Waals surface area contributed by atoms with Gasteiger partial charge in [0.05, 0.1) is 0 Å². The number of amides is 1. The number of halogens is 1. The number of carbonyl (C=O) groups is 1. The van der Waals surface area contributed by atoms with Crippen molar-refractivity contribution in [3.63, 3.8) is 0 Å². The van der Waals surface area contributed by atoms with Gasteiger partial charge in [0.25, 0.3) is 0 Å². The molecule has 2 N–H and O–H groups in total. The van der Waals surface area contributed by atoms with Crippen molar-refractivity contribution >= 4 is 41.5 Å². The van der Waals surface area contributed by atoms with E-state index in [0.717, 1.165) is 45.0 Å². The third-order valence-electron chi connectivity index (χ3n) is 4.65. The summed E-state index contributed by atoms with van der Waals surface area (Å²) in [6.45, 7) is 7.15. The van der Waals surface area contributed by atoms with Crippen LogP contribution < -0.4 is 15.5 Å². The average Bonchev–Trinajstić information content (AvgIpc) is 3.10. The molecule has 152 valence electrons. The Balaban J connectivity index is 0.00000364. The van der Waals surface area contributed by atoms with E-state index < -0.39 is 0 Å². The van der Waals surface area contributed by atoms with Gasteiger partial charge in [0, 0.05) is 58.4 Å². The Bertz CT molecular complexity index is 603. The van der Waals surface area contributed by atoms with Gasteiger partial charge in [0.1, 0.15) is 0 Å². The normalized spacial score (nSPS) is 16.7. The van der Waals surface area contributed by atoms with E-state index in [0.29, 0.717) is 6.42 Å². The molecular weight excluding hydrogens is 453 g/mol. The maximum absolute atomic E-state index is 11.8. The van der Waals surface area contributed by atoms with Crippen molar-refractivity contribution in [1.29, 1.82) is 0 Å². The quantitative estimate of drug-likeness (QED) is 0.353. The number of rotatable bonds is 7. The molecule has 1 aliphatic rings. The van der Waals surface area contributed by atoms with Crippen LogP contribution in [0.25, 0.3) is 0 Å². The summed E-state index contributed by atoms with van der Waals surface area (Å²) in [7, 11) is 4.10. The molecule has 0 spiro atoms. The van der Waals surface area contributed by atoms with E-state index in [4.69, 9.17) is 4.99 Å². The lowest BCUT2D eigenvalue weighted by molar-refractivity contribution is -0.129. The molecule has 2 rings (SSSR count). The summed E-state index contributed by atoms with van der Waals surface area (Å²) in [5.74, 6) is 1.07. The van der Waals surface area contributed by atoms with Crippen LogP contribution in [-0.2, 0) is 11.2 Å². The SMILES string of the molecule is CCNC(=NCCc1ccc(N(C)C)cc1)NC1CCN(C(=O)CC)C1.I. The number of hydrogen-bond acceptors (Lipinski definition) is 3. The number of carbonyl (C=O) groups excluding carboxylic acids is 1. The fraction of sp³-hybridized carbons (Fsp3) is 0.600. The maximum Gasteiger partial charge on any atom is 0.222 e. The van der Waals surface area contributed by atoms with Gasteiger partial charge < -0.3 is 20.4 Å². The predicted molar refractivity (Wildman–Crippen MR) is 124 cm³/mol. The highest BCUT2D eigenvalue weighted by molar-refractivity contribution is 14.0. The van der Waals surface area contributed by atoms with E-state index in [2.05, 4.69) is 46.7 Å². The molecule has 1 aliphatic heterocycles. The largest absolute Gasteiger partial charge is 0.378 e. The molecule has 0 bridgehead atoms. The Morgan fingerprint density at radius 2 is 1.96 bits per heavy atom. The van der Waals surface area contributed by atoms with Gasteiger partial charge in [-0.2, -0.15) is 0 Å². The Morgan fingerprint density at radius 3 is 2.56 bits per heavy atom. The number of nitrogens with zero attached hydrogens (tertiary/aromatic N) is 3. The number of anilines is 1. The lowest BCUT2D eigenvalue weighted by Crippen LogP contribution is -2.45. The van der Waals surface area contributed by atoms with Crippen LogP contribution in [0.2, 0.25) is 0 Å². The zero-order chi connectivity index (χ0) is 18.9. The van der Waals surface area contributed by atoms with Gasteiger partial charge in [0.2, 0.25) is 5.91 Å². The summed E-state index contributed by atoms with van der Waals surface area (Å²) in [5, 5.41) is 6.78. The summed E-state index contributed by atoms with van der Waals surface area (Å²) in [6.07, 6.45) is 2.46. The minimum Gasteiger partial charge on any atom is -0.378 e. The topological polar surface area (TPSA) is 60.0 Å².